The number of amides is 1. The van der Waals surface area contributed by atoms with Gasteiger partial charge in [-0.3, -0.25) is 9.63 Å². The van der Waals surface area contributed by atoms with Gasteiger partial charge < -0.3 is 15.2 Å². The van der Waals surface area contributed by atoms with Crippen molar-refractivity contribution in [2.75, 3.05) is 33.2 Å². The Morgan fingerprint density at radius 1 is 1.04 bits per heavy atom. The number of methoxy groups -OCH3 is 1. The number of hydroxylamine groups is 1. The van der Waals surface area contributed by atoms with Crippen molar-refractivity contribution in [2.45, 2.75) is 0 Å². The standard InChI is InChI=1S/C18H19N5O4/c1-25-9-10-27-17-15-14(21-18(19)22-17)8-7-13(20-15)11-3-5-12(6-4-11)16(24)23-26-2/h3-8H,9-10H2,1-2H3,(H,23,24)(H2,19,21,22). The molecule has 2 heterocycles. The number of pyridine rings is 1. The molecule has 0 saturated carbocycles. The maximum absolute atomic E-state index is 11.8. The molecule has 0 bridgehead atoms. The smallest absolute Gasteiger partial charge is 0.274 e. The van der Waals surface area contributed by atoms with Crippen LogP contribution in [0, 0.1) is 0 Å². The number of nitrogens with two attached hydrogens (primary N) is 1. The molecule has 3 N–H and O–H groups in total. The Hall–Kier alpha value is -3.30. The summed E-state index contributed by atoms with van der Waals surface area (Å²) in [5.74, 6) is 0.0821. The number of carbonyl (C=O) groups excluding carboxylic acids is 1. The lowest BCUT2D eigenvalue weighted by Gasteiger charge is -2.09. The maximum Gasteiger partial charge on any atom is 0.274 e. The molecule has 0 saturated heterocycles. The van der Waals surface area contributed by atoms with E-state index in [0.29, 0.717) is 41.4 Å². The summed E-state index contributed by atoms with van der Waals surface area (Å²) in [6.07, 6.45) is 0. The molecule has 140 valence electrons. The van der Waals surface area contributed by atoms with Gasteiger partial charge in [-0.25, -0.2) is 15.4 Å². The van der Waals surface area contributed by atoms with Gasteiger partial charge in [-0.1, -0.05) is 12.1 Å². The molecule has 1 aromatic carbocycles. The largest absolute Gasteiger partial charge is 0.474 e. The summed E-state index contributed by atoms with van der Waals surface area (Å²) in [6, 6.07) is 10.6. The van der Waals surface area contributed by atoms with Crippen LogP contribution in [0.2, 0.25) is 0 Å². The molecular weight excluding hydrogens is 350 g/mol. The normalized spacial score (nSPS) is 10.7. The van der Waals surface area contributed by atoms with Gasteiger partial charge in [-0.2, -0.15) is 4.98 Å². The van der Waals surface area contributed by atoms with E-state index in [1.54, 1.807) is 37.4 Å². The molecule has 0 radical (unpaired) electrons. The second-order valence-corrected chi connectivity index (χ2v) is 5.51. The van der Waals surface area contributed by atoms with Crippen LogP contribution in [0.4, 0.5) is 5.95 Å². The van der Waals surface area contributed by atoms with E-state index in [-0.39, 0.29) is 11.9 Å². The van der Waals surface area contributed by atoms with Crippen molar-refractivity contribution >= 4 is 22.9 Å². The van der Waals surface area contributed by atoms with Crippen LogP contribution in [0.15, 0.2) is 36.4 Å². The number of hydrogen-bond acceptors (Lipinski definition) is 8. The van der Waals surface area contributed by atoms with Gasteiger partial charge in [0.05, 0.1) is 24.9 Å². The summed E-state index contributed by atoms with van der Waals surface area (Å²) >= 11 is 0. The van der Waals surface area contributed by atoms with Gasteiger partial charge >= 0.3 is 0 Å². The Labute approximate surface area is 155 Å². The molecule has 0 unspecified atom stereocenters. The molecule has 1 amide bonds. The van der Waals surface area contributed by atoms with Crippen molar-refractivity contribution in [1.82, 2.24) is 20.4 Å². The average Bonchev–Trinajstić information content (AvgIpc) is 2.68. The number of rotatable bonds is 7. The Balaban J connectivity index is 1.94. The number of fused-ring (bicyclic) bond motifs is 1. The van der Waals surface area contributed by atoms with Crippen LogP contribution in [-0.4, -0.2) is 48.3 Å². The molecule has 0 atom stereocenters. The van der Waals surface area contributed by atoms with Crippen LogP contribution in [0.1, 0.15) is 10.4 Å². The second-order valence-electron chi connectivity index (χ2n) is 5.51. The first-order valence-corrected chi connectivity index (χ1v) is 8.12. The molecule has 0 aliphatic heterocycles. The summed E-state index contributed by atoms with van der Waals surface area (Å²) < 4.78 is 10.6. The lowest BCUT2D eigenvalue weighted by atomic mass is 10.1. The third-order valence-electron chi connectivity index (χ3n) is 3.69. The van der Waals surface area contributed by atoms with Crippen molar-refractivity contribution in [3.05, 3.63) is 42.0 Å². The van der Waals surface area contributed by atoms with Crippen LogP contribution in [-0.2, 0) is 9.57 Å². The summed E-state index contributed by atoms with van der Waals surface area (Å²) in [5, 5.41) is 0. The first kappa shape index (κ1) is 18.5. The first-order chi connectivity index (χ1) is 13.1. The molecule has 9 nitrogen and oxygen atoms in total. The predicted molar refractivity (Wildman–Crippen MR) is 99.0 cm³/mol. The molecule has 27 heavy (non-hydrogen) atoms. The van der Waals surface area contributed by atoms with Gasteiger partial charge in [-0.05, 0) is 24.3 Å². The Kier molecular flexibility index (Phi) is 5.74. The summed E-state index contributed by atoms with van der Waals surface area (Å²) in [4.78, 5) is 29.3. The Morgan fingerprint density at radius 3 is 2.52 bits per heavy atom. The zero-order chi connectivity index (χ0) is 19.2. The fourth-order valence-corrected chi connectivity index (χ4v) is 2.43. The van der Waals surface area contributed by atoms with Gasteiger partial charge in [0.1, 0.15) is 6.61 Å². The van der Waals surface area contributed by atoms with Gasteiger partial charge in [0, 0.05) is 18.2 Å². The molecule has 0 aliphatic carbocycles. The number of carbonyl (C=O) groups is 1. The van der Waals surface area contributed by atoms with Crippen molar-refractivity contribution in [3.63, 3.8) is 0 Å². The minimum atomic E-state index is -0.326. The number of aromatic nitrogens is 3. The summed E-state index contributed by atoms with van der Waals surface area (Å²) in [7, 11) is 2.97. The third kappa shape index (κ3) is 4.27. The van der Waals surface area contributed by atoms with Crippen molar-refractivity contribution in [2.24, 2.45) is 0 Å². The van der Waals surface area contributed by atoms with E-state index in [2.05, 4.69) is 25.3 Å². The van der Waals surface area contributed by atoms with E-state index >= 15 is 0 Å². The minimum Gasteiger partial charge on any atom is -0.474 e. The molecule has 0 fully saturated rings. The molecular formula is C18H19N5O4. The van der Waals surface area contributed by atoms with Gasteiger partial charge in [0.15, 0.2) is 5.52 Å². The van der Waals surface area contributed by atoms with Crippen LogP contribution < -0.4 is 16.0 Å². The second kappa shape index (κ2) is 8.39. The van der Waals surface area contributed by atoms with Gasteiger partial charge in [0.2, 0.25) is 11.8 Å². The predicted octanol–water partition coefficient (Wildman–Crippen LogP) is 1.59. The highest BCUT2D eigenvalue weighted by atomic mass is 16.6. The van der Waals surface area contributed by atoms with E-state index < -0.39 is 0 Å². The number of nitrogen functional groups attached to an aromatic ring is 1. The maximum atomic E-state index is 11.8. The zero-order valence-electron chi connectivity index (χ0n) is 14.9. The highest BCUT2D eigenvalue weighted by molar-refractivity contribution is 5.94. The monoisotopic (exact) mass is 369 g/mol. The number of nitrogens with zero attached hydrogens (tertiary/aromatic N) is 3. The number of benzene rings is 1. The Morgan fingerprint density at radius 2 is 1.81 bits per heavy atom. The van der Waals surface area contributed by atoms with Crippen LogP contribution in [0.5, 0.6) is 5.88 Å². The quantitative estimate of drug-likeness (QED) is 0.476. The van der Waals surface area contributed by atoms with Gasteiger partial charge in [0.25, 0.3) is 5.91 Å². The number of nitrogens with one attached hydrogen (secondary N) is 1. The van der Waals surface area contributed by atoms with E-state index in [1.165, 1.54) is 7.11 Å². The van der Waals surface area contributed by atoms with E-state index in [9.17, 15) is 4.79 Å². The van der Waals surface area contributed by atoms with Crippen molar-refractivity contribution in [3.8, 4) is 17.1 Å². The Bertz CT molecular complexity index is 946. The van der Waals surface area contributed by atoms with Crippen molar-refractivity contribution < 1.29 is 19.1 Å². The van der Waals surface area contributed by atoms with Crippen LogP contribution in [0.25, 0.3) is 22.3 Å². The molecule has 9 heteroatoms. The summed E-state index contributed by atoms with van der Waals surface area (Å²) in [6.45, 7) is 0.730. The van der Waals surface area contributed by atoms with E-state index in [1.807, 2.05) is 6.07 Å². The van der Waals surface area contributed by atoms with Gasteiger partial charge in [-0.15, -0.1) is 0 Å². The molecule has 3 rings (SSSR count). The summed E-state index contributed by atoms with van der Waals surface area (Å²) in [5.41, 5.74) is 11.1. The average molecular weight is 369 g/mol. The minimum absolute atomic E-state index is 0.109. The molecule has 0 spiro atoms. The van der Waals surface area contributed by atoms with E-state index in [0.717, 1.165) is 5.56 Å². The molecule has 0 aliphatic rings. The zero-order valence-corrected chi connectivity index (χ0v) is 14.9. The third-order valence-corrected chi connectivity index (χ3v) is 3.69. The van der Waals surface area contributed by atoms with Crippen LogP contribution >= 0.6 is 0 Å². The highest BCUT2D eigenvalue weighted by Gasteiger charge is 2.12. The number of ether oxygens (including phenoxy) is 2. The van der Waals surface area contributed by atoms with Crippen LogP contribution in [0.3, 0.4) is 0 Å². The van der Waals surface area contributed by atoms with E-state index in [4.69, 9.17) is 15.2 Å². The fourth-order valence-electron chi connectivity index (χ4n) is 2.43. The number of hydrogen-bond donors (Lipinski definition) is 2. The highest BCUT2D eigenvalue weighted by Crippen LogP contribution is 2.26. The fraction of sp³-hybridized carbons (Fsp3) is 0.222. The number of anilines is 1. The molecule has 2 aromatic heterocycles. The lowest BCUT2D eigenvalue weighted by Crippen LogP contribution is -2.21. The molecule has 3 aromatic rings. The lowest BCUT2D eigenvalue weighted by molar-refractivity contribution is 0.0537. The topological polar surface area (TPSA) is 121 Å². The first-order valence-electron chi connectivity index (χ1n) is 8.12. The SMILES string of the molecule is COCCOc1nc(N)nc2ccc(-c3ccc(C(=O)NOC)cc3)nc12. The van der Waals surface area contributed by atoms with Crippen molar-refractivity contribution in [1.29, 1.82) is 0 Å².